The second-order valence-electron chi connectivity index (χ2n) is 19.9. The Kier molecular flexibility index (Phi) is 13.6. The van der Waals surface area contributed by atoms with Crippen LogP contribution in [0.3, 0.4) is 0 Å². The molecule has 1 atom stereocenters. The molecule has 3 aromatic carbocycles. The summed E-state index contributed by atoms with van der Waals surface area (Å²) in [4.78, 5) is 63.7. The standard InChI is InChI=1S/C52H63BrN11O5P/c1-6-34-26-42(57-52-54-28-39(53)49(59-52)56-41-13-12-40-37(11-10-32(2)55-40)48(41)70(4,5)68)46(69-3)27-45(34)62-20-17-35(18-21-62)61-24-22-60(23-25-61)19-16-33-29-63(30-33)43-9-7-8-36-38(43)31-64(51(36)67)44-14-15-47(65)58-50(44)66/h7-13,26-28,33,35,44H,6,14-25,29-31H2,1-5H3,(H,58,65,66)(H2,54,56,57,59). The molecule has 5 aliphatic rings. The van der Waals surface area contributed by atoms with E-state index in [4.69, 9.17) is 9.72 Å². The van der Waals surface area contributed by atoms with Crippen LogP contribution in [-0.2, 0) is 27.1 Å². The van der Waals surface area contributed by atoms with Crippen LogP contribution < -0.4 is 35.8 Å². The number of aromatic nitrogens is 3. The number of fused-ring (bicyclic) bond motifs is 2. The summed E-state index contributed by atoms with van der Waals surface area (Å²) >= 11 is 3.63. The van der Waals surface area contributed by atoms with Gasteiger partial charge in [0.1, 0.15) is 24.8 Å². The topological polar surface area (TPSA) is 168 Å². The van der Waals surface area contributed by atoms with Gasteiger partial charge in [-0.05, 0) is 123 Å². The minimum atomic E-state index is -2.73. The maximum atomic E-state index is 13.7. The Morgan fingerprint density at radius 1 is 0.886 bits per heavy atom. The molecule has 3 N–H and O–H groups in total. The van der Waals surface area contributed by atoms with Crippen LogP contribution in [-0.4, -0.2) is 139 Å². The normalized spacial score (nSPS) is 19.7. The first-order valence-electron chi connectivity index (χ1n) is 24.7. The molecule has 0 radical (unpaired) electrons. The minimum absolute atomic E-state index is 0.119. The molecule has 70 heavy (non-hydrogen) atoms. The van der Waals surface area contributed by atoms with E-state index in [1.54, 1.807) is 31.5 Å². The number of hydrogen-bond acceptors (Lipinski definition) is 14. The molecular formula is C52H63BrN11O5P. The van der Waals surface area contributed by atoms with Gasteiger partial charge in [-0.1, -0.05) is 19.1 Å². The van der Waals surface area contributed by atoms with E-state index >= 15 is 0 Å². The summed E-state index contributed by atoms with van der Waals surface area (Å²) < 4.78 is 20.3. The van der Waals surface area contributed by atoms with Crippen LogP contribution in [0.15, 0.2) is 65.3 Å². The Balaban J connectivity index is 0.706. The molecule has 0 aliphatic carbocycles. The molecule has 4 saturated heterocycles. The van der Waals surface area contributed by atoms with Crippen molar-refractivity contribution in [2.45, 2.75) is 71.0 Å². The first-order chi connectivity index (χ1) is 33.7. The molecule has 3 amide bonds. The zero-order valence-corrected chi connectivity index (χ0v) is 43.2. The van der Waals surface area contributed by atoms with Gasteiger partial charge in [0, 0.05) is 123 Å². The third-order valence-electron chi connectivity index (χ3n) is 15.0. The lowest BCUT2D eigenvalue weighted by molar-refractivity contribution is -0.136. The van der Waals surface area contributed by atoms with Crippen molar-refractivity contribution in [2.75, 3.05) is 99.8 Å². The van der Waals surface area contributed by atoms with Crippen LogP contribution in [0.25, 0.3) is 10.9 Å². The number of aryl methyl sites for hydroxylation is 2. The van der Waals surface area contributed by atoms with Crippen LogP contribution in [0, 0.1) is 12.8 Å². The van der Waals surface area contributed by atoms with E-state index in [0.717, 1.165) is 129 Å². The van der Waals surface area contributed by atoms with E-state index in [2.05, 4.69) is 86.6 Å². The number of carbonyl (C=O) groups is 3. The van der Waals surface area contributed by atoms with Crippen molar-refractivity contribution in [1.29, 1.82) is 0 Å². The molecule has 368 valence electrons. The van der Waals surface area contributed by atoms with Gasteiger partial charge in [-0.2, -0.15) is 4.98 Å². The number of nitrogens with one attached hydrogen (secondary N) is 3. The summed E-state index contributed by atoms with van der Waals surface area (Å²) in [5.41, 5.74) is 8.42. The van der Waals surface area contributed by atoms with Crippen molar-refractivity contribution in [2.24, 2.45) is 5.92 Å². The molecule has 5 aromatic rings. The maximum Gasteiger partial charge on any atom is 0.255 e. The lowest BCUT2D eigenvalue weighted by Crippen LogP contribution is -2.54. The van der Waals surface area contributed by atoms with Crippen LogP contribution >= 0.6 is 23.1 Å². The van der Waals surface area contributed by atoms with Crippen LogP contribution in [0.5, 0.6) is 5.75 Å². The lowest BCUT2D eigenvalue weighted by atomic mass is 9.93. The van der Waals surface area contributed by atoms with E-state index in [1.807, 2.05) is 43.3 Å². The van der Waals surface area contributed by atoms with Gasteiger partial charge in [0.25, 0.3) is 5.91 Å². The number of carbonyl (C=O) groups excluding carboxylic acids is 3. The number of pyridine rings is 1. The van der Waals surface area contributed by atoms with E-state index in [1.165, 1.54) is 11.3 Å². The molecule has 16 nitrogen and oxygen atoms in total. The molecule has 5 aliphatic heterocycles. The second kappa shape index (κ2) is 19.9. The minimum Gasteiger partial charge on any atom is -0.494 e. The van der Waals surface area contributed by atoms with Gasteiger partial charge in [0.15, 0.2) is 0 Å². The van der Waals surface area contributed by atoms with Crippen molar-refractivity contribution in [3.63, 3.8) is 0 Å². The van der Waals surface area contributed by atoms with Crippen molar-refractivity contribution >= 4 is 91.5 Å². The molecule has 0 spiro atoms. The van der Waals surface area contributed by atoms with Gasteiger partial charge in [0.05, 0.1) is 28.5 Å². The van der Waals surface area contributed by atoms with Gasteiger partial charge in [-0.25, -0.2) is 4.98 Å². The second-order valence-corrected chi connectivity index (χ2v) is 23.9. The SMILES string of the molecule is CCc1cc(Nc2ncc(Br)c(Nc3ccc4nc(C)ccc4c3P(C)(C)=O)n2)c(OC)cc1N1CCC(N2CCN(CCC3CN(c4cccc5c4CN(C4CCC(=O)NC4=O)C5=O)C3)CC2)CC1. The molecule has 18 heteroatoms. The zero-order valence-electron chi connectivity index (χ0n) is 40.8. The average molecular weight is 1030 g/mol. The highest BCUT2D eigenvalue weighted by Gasteiger charge is 2.41. The molecule has 4 fully saturated rings. The molecular weight excluding hydrogens is 970 g/mol. The highest BCUT2D eigenvalue weighted by Crippen LogP contribution is 2.43. The summed E-state index contributed by atoms with van der Waals surface area (Å²) in [5, 5.41) is 10.9. The average Bonchev–Trinajstić information content (AvgIpc) is 3.67. The number of rotatable bonds is 14. The number of methoxy groups -OCH3 is 1. The van der Waals surface area contributed by atoms with E-state index in [9.17, 15) is 18.9 Å². The predicted molar refractivity (Wildman–Crippen MR) is 280 cm³/mol. The van der Waals surface area contributed by atoms with Crippen molar-refractivity contribution in [1.82, 2.24) is 35.0 Å². The number of amides is 3. The highest BCUT2D eigenvalue weighted by atomic mass is 79.9. The number of nitrogens with zero attached hydrogens (tertiary/aromatic N) is 8. The monoisotopic (exact) mass is 1030 g/mol. The molecule has 0 bridgehead atoms. The number of benzene rings is 3. The molecule has 10 rings (SSSR count). The molecule has 0 saturated carbocycles. The Labute approximate surface area is 418 Å². The molecule has 1 unspecified atom stereocenters. The number of imide groups is 1. The van der Waals surface area contributed by atoms with Crippen molar-refractivity contribution in [3.05, 3.63) is 87.7 Å². The predicted octanol–water partition coefficient (Wildman–Crippen LogP) is 7.28. The number of piperidine rings is 2. The third kappa shape index (κ3) is 9.74. The summed E-state index contributed by atoms with van der Waals surface area (Å²) in [6.07, 6.45) is 6.59. The fraction of sp³-hybridized carbons (Fsp3) is 0.462. The number of piperazine rings is 1. The smallest absolute Gasteiger partial charge is 0.255 e. The first-order valence-corrected chi connectivity index (χ1v) is 28.1. The quantitative estimate of drug-likeness (QED) is 0.0750. The lowest BCUT2D eigenvalue weighted by Gasteiger charge is -2.45. The summed E-state index contributed by atoms with van der Waals surface area (Å²) in [7, 11) is -1.03. The van der Waals surface area contributed by atoms with Gasteiger partial charge in [0.2, 0.25) is 17.8 Å². The Hall–Kier alpha value is -5.61. The van der Waals surface area contributed by atoms with Gasteiger partial charge in [-0.15, -0.1) is 0 Å². The Morgan fingerprint density at radius 3 is 2.40 bits per heavy atom. The number of anilines is 6. The third-order valence-corrected chi connectivity index (χ3v) is 17.1. The van der Waals surface area contributed by atoms with E-state index in [-0.39, 0.29) is 24.1 Å². The number of ether oxygens (including phenoxy) is 1. The first kappa shape index (κ1) is 48.0. The fourth-order valence-corrected chi connectivity index (χ4v) is 13.0. The Morgan fingerprint density at radius 2 is 1.67 bits per heavy atom. The Bertz CT molecular complexity index is 2890. The zero-order chi connectivity index (χ0) is 48.8. The maximum absolute atomic E-state index is 13.7. The van der Waals surface area contributed by atoms with E-state index in [0.29, 0.717) is 52.4 Å². The number of halogens is 1. The molecule has 2 aromatic heterocycles. The largest absolute Gasteiger partial charge is 0.494 e. The van der Waals surface area contributed by atoms with Crippen molar-refractivity contribution in [3.8, 4) is 5.75 Å². The highest BCUT2D eigenvalue weighted by molar-refractivity contribution is 9.10. The van der Waals surface area contributed by atoms with Gasteiger partial charge >= 0.3 is 0 Å². The van der Waals surface area contributed by atoms with Crippen LogP contribution in [0.2, 0.25) is 0 Å². The fourth-order valence-electron chi connectivity index (χ4n) is 11.2. The molecule has 7 heterocycles. The van der Waals surface area contributed by atoms with Crippen molar-refractivity contribution < 1.29 is 23.7 Å². The number of hydrogen-bond donors (Lipinski definition) is 3. The van der Waals surface area contributed by atoms with Gasteiger partial charge < -0.3 is 39.5 Å². The summed E-state index contributed by atoms with van der Waals surface area (Å²) in [6.45, 7) is 17.5. The van der Waals surface area contributed by atoms with E-state index < -0.39 is 13.2 Å². The van der Waals surface area contributed by atoms with Crippen LogP contribution in [0.1, 0.15) is 66.2 Å². The van der Waals surface area contributed by atoms with Gasteiger partial charge in [-0.3, -0.25) is 29.6 Å². The van der Waals surface area contributed by atoms with Crippen LogP contribution in [0.4, 0.5) is 34.5 Å². The summed E-state index contributed by atoms with van der Waals surface area (Å²) in [5.74, 6) is 1.51. The summed E-state index contributed by atoms with van der Waals surface area (Å²) in [6, 6.07) is 18.0.